The number of aromatic nitrogens is 2. The lowest BCUT2D eigenvalue weighted by Crippen LogP contribution is -2.40. The van der Waals surface area contributed by atoms with Crippen molar-refractivity contribution < 1.29 is 4.79 Å². The number of nitrogens with zero attached hydrogens (tertiary/aromatic N) is 3. The molecule has 34 heavy (non-hydrogen) atoms. The summed E-state index contributed by atoms with van der Waals surface area (Å²) in [5, 5.41) is 3.21. The molecular formula is C28H29BrN4O. The van der Waals surface area contributed by atoms with Crippen LogP contribution in [0.15, 0.2) is 71.2 Å². The second-order valence-corrected chi connectivity index (χ2v) is 10.1. The molecule has 1 atom stereocenters. The van der Waals surface area contributed by atoms with E-state index >= 15 is 0 Å². The number of para-hydroxylation sites is 3. The van der Waals surface area contributed by atoms with Crippen molar-refractivity contribution in [2.75, 3.05) is 18.4 Å². The van der Waals surface area contributed by atoms with Gasteiger partial charge in [-0.25, -0.2) is 4.98 Å². The number of anilines is 1. The first kappa shape index (κ1) is 22.8. The van der Waals surface area contributed by atoms with Crippen LogP contribution in [0.4, 0.5) is 5.69 Å². The summed E-state index contributed by atoms with van der Waals surface area (Å²) in [5.41, 5.74) is 6.31. The Balaban J connectivity index is 1.38. The van der Waals surface area contributed by atoms with E-state index in [1.54, 1.807) is 0 Å². The number of amides is 1. The van der Waals surface area contributed by atoms with E-state index in [-0.39, 0.29) is 11.8 Å². The zero-order valence-corrected chi connectivity index (χ0v) is 21.2. The fourth-order valence-electron chi connectivity index (χ4n) is 4.94. The van der Waals surface area contributed by atoms with Gasteiger partial charge in [-0.2, -0.15) is 0 Å². The van der Waals surface area contributed by atoms with Crippen LogP contribution in [0.2, 0.25) is 0 Å². The Bertz CT molecular complexity index is 1330. The highest BCUT2D eigenvalue weighted by Crippen LogP contribution is 2.27. The molecule has 5 nitrogen and oxygen atoms in total. The Morgan fingerprint density at radius 1 is 1.06 bits per heavy atom. The molecule has 174 valence electrons. The molecule has 1 aromatic heterocycles. The molecule has 1 saturated heterocycles. The first-order valence-corrected chi connectivity index (χ1v) is 12.6. The molecule has 0 saturated carbocycles. The molecule has 1 amide bonds. The normalized spacial score (nSPS) is 16.6. The maximum atomic E-state index is 13.2. The molecule has 1 N–H and O–H groups in total. The van der Waals surface area contributed by atoms with Gasteiger partial charge in [-0.15, -0.1) is 0 Å². The lowest BCUT2D eigenvalue weighted by atomic mass is 9.96. The fourth-order valence-corrected chi connectivity index (χ4v) is 5.32. The SMILES string of the molecule is Cc1cccc(C)c1NC(=O)[C@H]1CCCN(Cc2nc3ccccc3n2-c2cccc(Br)c2)C1. The molecule has 1 aliphatic rings. The zero-order chi connectivity index (χ0) is 23.7. The first-order chi connectivity index (χ1) is 16.5. The van der Waals surface area contributed by atoms with E-state index in [0.717, 1.165) is 69.8 Å². The van der Waals surface area contributed by atoms with Crippen molar-refractivity contribution in [1.82, 2.24) is 14.5 Å². The number of nitrogens with one attached hydrogen (secondary N) is 1. The van der Waals surface area contributed by atoms with Crippen LogP contribution in [0, 0.1) is 19.8 Å². The Hall–Kier alpha value is -2.96. The second-order valence-electron chi connectivity index (χ2n) is 9.16. The van der Waals surface area contributed by atoms with Crippen LogP contribution >= 0.6 is 15.9 Å². The molecule has 0 unspecified atom stereocenters. The Kier molecular flexibility index (Phi) is 6.53. The van der Waals surface area contributed by atoms with Crippen LogP contribution in [0.1, 0.15) is 29.8 Å². The molecule has 2 heterocycles. The zero-order valence-electron chi connectivity index (χ0n) is 19.6. The number of imidazole rings is 1. The molecule has 1 aliphatic heterocycles. The fraction of sp³-hybridized carbons (Fsp3) is 0.286. The van der Waals surface area contributed by atoms with Gasteiger partial charge in [-0.1, -0.05) is 52.3 Å². The summed E-state index contributed by atoms with van der Waals surface area (Å²) >= 11 is 3.61. The van der Waals surface area contributed by atoms with Crippen LogP contribution in [0.3, 0.4) is 0 Å². The monoisotopic (exact) mass is 516 g/mol. The van der Waals surface area contributed by atoms with Crippen molar-refractivity contribution in [2.45, 2.75) is 33.2 Å². The standard InChI is InChI=1S/C28H29BrN4O/c1-19-8-5-9-20(2)27(19)31-28(34)21-10-7-15-32(17-21)18-26-30-24-13-3-4-14-25(24)33(26)23-12-6-11-22(29)16-23/h3-6,8-9,11-14,16,21H,7,10,15,17-18H2,1-2H3,(H,31,34)/t21-/m0/s1. The number of piperidine rings is 1. The summed E-state index contributed by atoms with van der Waals surface area (Å²) < 4.78 is 3.27. The van der Waals surface area contributed by atoms with E-state index in [2.05, 4.69) is 61.0 Å². The van der Waals surface area contributed by atoms with Gasteiger partial charge in [0, 0.05) is 22.4 Å². The van der Waals surface area contributed by atoms with Crippen LogP contribution in [0.25, 0.3) is 16.7 Å². The van der Waals surface area contributed by atoms with Crippen molar-refractivity contribution in [3.63, 3.8) is 0 Å². The van der Waals surface area contributed by atoms with Gasteiger partial charge in [-0.3, -0.25) is 14.3 Å². The predicted octanol–water partition coefficient (Wildman–Crippen LogP) is 6.26. The molecule has 0 bridgehead atoms. The number of fused-ring (bicyclic) bond motifs is 1. The van der Waals surface area contributed by atoms with Crippen molar-refractivity contribution >= 4 is 38.6 Å². The molecule has 0 aliphatic carbocycles. The average molecular weight is 517 g/mol. The van der Waals surface area contributed by atoms with E-state index < -0.39 is 0 Å². The third-order valence-corrected chi connectivity index (χ3v) is 7.16. The van der Waals surface area contributed by atoms with Gasteiger partial charge >= 0.3 is 0 Å². The van der Waals surface area contributed by atoms with E-state index in [0.29, 0.717) is 6.54 Å². The predicted molar refractivity (Wildman–Crippen MR) is 141 cm³/mol. The number of carbonyl (C=O) groups is 1. The van der Waals surface area contributed by atoms with Gasteiger partial charge in [0.1, 0.15) is 5.82 Å². The van der Waals surface area contributed by atoms with E-state index in [1.807, 2.05) is 50.2 Å². The first-order valence-electron chi connectivity index (χ1n) is 11.8. The summed E-state index contributed by atoms with van der Waals surface area (Å²) in [5.74, 6) is 1.08. The molecular weight excluding hydrogens is 488 g/mol. The smallest absolute Gasteiger partial charge is 0.228 e. The minimum atomic E-state index is -0.0311. The van der Waals surface area contributed by atoms with Gasteiger partial charge in [0.15, 0.2) is 0 Å². The van der Waals surface area contributed by atoms with Crippen LogP contribution < -0.4 is 5.32 Å². The number of benzene rings is 3. The number of carbonyl (C=O) groups excluding carboxylic acids is 1. The summed E-state index contributed by atoms with van der Waals surface area (Å²) in [6.07, 6.45) is 1.91. The van der Waals surface area contributed by atoms with E-state index in [4.69, 9.17) is 4.98 Å². The highest BCUT2D eigenvalue weighted by Gasteiger charge is 2.27. The number of hydrogen-bond acceptors (Lipinski definition) is 3. The lowest BCUT2D eigenvalue weighted by Gasteiger charge is -2.32. The highest BCUT2D eigenvalue weighted by atomic mass is 79.9. The topological polar surface area (TPSA) is 50.2 Å². The lowest BCUT2D eigenvalue weighted by molar-refractivity contribution is -0.121. The van der Waals surface area contributed by atoms with Crippen LogP contribution in [-0.4, -0.2) is 33.4 Å². The quantitative estimate of drug-likeness (QED) is 0.340. The summed E-state index contributed by atoms with van der Waals surface area (Å²) in [6, 6.07) is 22.7. The van der Waals surface area contributed by atoms with E-state index in [1.165, 1.54) is 0 Å². The van der Waals surface area contributed by atoms with Gasteiger partial charge in [0.05, 0.1) is 23.5 Å². The van der Waals surface area contributed by atoms with Gasteiger partial charge < -0.3 is 5.32 Å². The molecule has 0 radical (unpaired) electrons. The molecule has 5 rings (SSSR count). The van der Waals surface area contributed by atoms with Crippen molar-refractivity contribution in [3.8, 4) is 5.69 Å². The summed E-state index contributed by atoms with van der Waals surface area (Å²) in [6.45, 7) is 6.49. The summed E-state index contributed by atoms with van der Waals surface area (Å²) in [4.78, 5) is 20.5. The maximum Gasteiger partial charge on any atom is 0.228 e. The van der Waals surface area contributed by atoms with Crippen molar-refractivity contribution in [3.05, 3.63) is 88.2 Å². The van der Waals surface area contributed by atoms with Crippen molar-refractivity contribution in [2.24, 2.45) is 5.92 Å². The van der Waals surface area contributed by atoms with E-state index in [9.17, 15) is 4.79 Å². The average Bonchev–Trinajstić information content (AvgIpc) is 3.19. The molecule has 6 heteroatoms. The van der Waals surface area contributed by atoms with Gasteiger partial charge in [0.2, 0.25) is 5.91 Å². The Morgan fingerprint density at radius 2 is 1.82 bits per heavy atom. The number of aryl methyl sites for hydroxylation is 2. The number of likely N-dealkylation sites (tertiary alicyclic amines) is 1. The molecule has 1 fully saturated rings. The Labute approximate surface area is 208 Å². The molecule has 0 spiro atoms. The Morgan fingerprint density at radius 3 is 2.62 bits per heavy atom. The van der Waals surface area contributed by atoms with Gasteiger partial charge in [-0.05, 0) is 74.7 Å². The third kappa shape index (κ3) is 4.65. The summed E-state index contributed by atoms with van der Waals surface area (Å²) in [7, 11) is 0. The maximum absolute atomic E-state index is 13.2. The largest absolute Gasteiger partial charge is 0.325 e. The highest BCUT2D eigenvalue weighted by molar-refractivity contribution is 9.10. The van der Waals surface area contributed by atoms with Gasteiger partial charge in [0.25, 0.3) is 0 Å². The minimum absolute atomic E-state index is 0.0311. The molecule has 4 aromatic rings. The van der Waals surface area contributed by atoms with Crippen molar-refractivity contribution in [1.29, 1.82) is 0 Å². The number of hydrogen-bond donors (Lipinski definition) is 1. The minimum Gasteiger partial charge on any atom is -0.325 e. The number of halogens is 1. The number of rotatable bonds is 5. The molecule has 3 aromatic carbocycles. The van der Waals surface area contributed by atoms with Crippen LogP contribution in [0.5, 0.6) is 0 Å². The second kappa shape index (κ2) is 9.72. The third-order valence-electron chi connectivity index (χ3n) is 6.67. The van der Waals surface area contributed by atoms with Crippen LogP contribution in [-0.2, 0) is 11.3 Å².